The summed E-state index contributed by atoms with van der Waals surface area (Å²) < 4.78 is 5.41. The second-order valence-electron chi connectivity index (χ2n) is 7.39. The highest BCUT2D eigenvalue weighted by Crippen LogP contribution is 2.26. The molecule has 0 saturated carbocycles. The monoisotopic (exact) mass is 344 g/mol. The molecule has 1 aromatic rings. The zero-order valence-corrected chi connectivity index (χ0v) is 15.6. The van der Waals surface area contributed by atoms with E-state index in [9.17, 15) is 4.79 Å². The van der Waals surface area contributed by atoms with Crippen molar-refractivity contribution in [3.05, 3.63) is 29.8 Å². The minimum absolute atomic E-state index is 0.137. The fourth-order valence-electron chi connectivity index (χ4n) is 4.24. The van der Waals surface area contributed by atoms with E-state index in [1.165, 1.54) is 45.2 Å². The molecule has 0 unspecified atom stereocenters. The second-order valence-corrected chi connectivity index (χ2v) is 7.39. The van der Waals surface area contributed by atoms with E-state index >= 15 is 0 Å². The molecular formula is C21H32N2O2. The van der Waals surface area contributed by atoms with Crippen LogP contribution >= 0.6 is 0 Å². The Kier molecular flexibility index (Phi) is 6.74. The minimum atomic E-state index is 0.137. The molecule has 4 nitrogen and oxygen atoms in total. The Balaban J connectivity index is 1.64. The zero-order chi connectivity index (χ0) is 17.5. The normalized spacial score (nSPS) is 22.4. The fourth-order valence-corrected chi connectivity index (χ4v) is 4.24. The smallest absolute Gasteiger partial charge is 0.257 e. The lowest BCUT2D eigenvalue weighted by molar-refractivity contribution is 0.0581. The van der Waals surface area contributed by atoms with Crippen molar-refractivity contribution in [1.29, 1.82) is 0 Å². The number of hydrogen-bond acceptors (Lipinski definition) is 3. The number of nitrogens with zero attached hydrogens (tertiary/aromatic N) is 2. The van der Waals surface area contributed by atoms with E-state index in [4.69, 9.17) is 4.74 Å². The van der Waals surface area contributed by atoms with E-state index in [2.05, 4.69) is 9.80 Å². The first-order chi connectivity index (χ1) is 12.3. The molecule has 25 heavy (non-hydrogen) atoms. The van der Waals surface area contributed by atoms with Gasteiger partial charge in [-0.25, -0.2) is 0 Å². The standard InChI is InChI=1S/C21H32N2O2/c1-25-20-12-5-4-11-19(20)21(24)23-16-9-6-10-18(23)13-17-22-14-7-2-3-8-15-22/h4-5,11-12,18H,2-3,6-10,13-17H2,1H3/t18-/m0/s1. The van der Waals surface area contributed by atoms with E-state index in [0.29, 0.717) is 17.4 Å². The highest BCUT2D eigenvalue weighted by molar-refractivity contribution is 5.97. The Bertz CT molecular complexity index is 553. The summed E-state index contributed by atoms with van der Waals surface area (Å²) in [6.07, 6.45) is 9.98. The van der Waals surface area contributed by atoms with Gasteiger partial charge >= 0.3 is 0 Å². The Morgan fingerprint density at radius 3 is 2.52 bits per heavy atom. The van der Waals surface area contributed by atoms with Crippen molar-refractivity contribution in [3.63, 3.8) is 0 Å². The number of benzene rings is 1. The number of para-hydroxylation sites is 1. The number of rotatable bonds is 5. The van der Waals surface area contributed by atoms with Gasteiger partial charge in [0.05, 0.1) is 12.7 Å². The Morgan fingerprint density at radius 2 is 1.76 bits per heavy atom. The molecule has 1 aromatic carbocycles. The first-order valence-corrected chi connectivity index (χ1v) is 9.96. The molecule has 138 valence electrons. The molecule has 2 heterocycles. The minimum Gasteiger partial charge on any atom is -0.496 e. The Labute approximate surface area is 152 Å². The lowest BCUT2D eigenvalue weighted by Crippen LogP contribution is -2.45. The van der Waals surface area contributed by atoms with Crippen LogP contribution in [0.25, 0.3) is 0 Å². The number of amides is 1. The molecule has 2 fully saturated rings. The average Bonchev–Trinajstić information content (AvgIpc) is 2.95. The van der Waals surface area contributed by atoms with Crippen LogP contribution in [0.15, 0.2) is 24.3 Å². The molecule has 2 saturated heterocycles. The SMILES string of the molecule is COc1ccccc1C(=O)N1CCCC[C@H]1CCN1CCCCCC1. The van der Waals surface area contributed by atoms with Gasteiger partial charge in [0, 0.05) is 19.1 Å². The van der Waals surface area contributed by atoms with Crippen molar-refractivity contribution in [2.75, 3.05) is 33.3 Å². The third-order valence-corrected chi connectivity index (χ3v) is 5.70. The molecule has 0 aromatic heterocycles. The van der Waals surface area contributed by atoms with Crippen molar-refractivity contribution >= 4 is 5.91 Å². The summed E-state index contributed by atoms with van der Waals surface area (Å²) in [4.78, 5) is 17.8. The molecule has 0 aliphatic carbocycles. The first-order valence-electron chi connectivity index (χ1n) is 9.96. The molecular weight excluding hydrogens is 312 g/mol. The van der Waals surface area contributed by atoms with Crippen molar-refractivity contribution < 1.29 is 9.53 Å². The first kappa shape index (κ1) is 18.2. The van der Waals surface area contributed by atoms with Gasteiger partial charge in [-0.1, -0.05) is 25.0 Å². The van der Waals surface area contributed by atoms with Gasteiger partial charge in [0.15, 0.2) is 0 Å². The zero-order valence-electron chi connectivity index (χ0n) is 15.6. The van der Waals surface area contributed by atoms with Crippen LogP contribution in [0.4, 0.5) is 0 Å². The predicted octanol–water partition coefficient (Wildman–Crippen LogP) is 3.96. The molecule has 1 amide bonds. The molecule has 3 rings (SSSR count). The maximum atomic E-state index is 13.1. The van der Waals surface area contributed by atoms with Crippen LogP contribution in [0, 0.1) is 0 Å². The molecule has 0 radical (unpaired) electrons. The van der Waals surface area contributed by atoms with Crippen LogP contribution in [0.2, 0.25) is 0 Å². The van der Waals surface area contributed by atoms with Crippen molar-refractivity contribution in [1.82, 2.24) is 9.80 Å². The quantitative estimate of drug-likeness (QED) is 0.811. The highest BCUT2D eigenvalue weighted by atomic mass is 16.5. The summed E-state index contributed by atoms with van der Waals surface area (Å²) in [6, 6.07) is 7.98. The summed E-state index contributed by atoms with van der Waals surface area (Å²) in [5, 5.41) is 0. The van der Waals surface area contributed by atoms with Crippen LogP contribution in [0.1, 0.15) is 61.7 Å². The third kappa shape index (κ3) is 4.75. The number of ether oxygens (including phenoxy) is 1. The van der Waals surface area contributed by atoms with Gasteiger partial charge < -0.3 is 14.5 Å². The number of likely N-dealkylation sites (tertiary alicyclic amines) is 2. The summed E-state index contributed by atoms with van der Waals surface area (Å²) >= 11 is 0. The Morgan fingerprint density at radius 1 is 1.04 bits per heavy atom. The maximum absolute atomic E-state index is 13.1. The largest absolute Gasteiger partial charge is 0.496 e. The van der Waals surface area contributed by atoms with Crippen LogP contribution in [-0.4, -0.2) is 55.0 Å². The summed E-state index contributed by atoms with van der Waals surface area (Å²) in [5.41, 5.74) is 0.701. The van der Waals surface area contributed by atoms with E-state index in [1.54, 1.807) is 7.11 Å². The fraction of sp³-hybridized carbons (Fsp3) is 0.667. The molecule has 4 heteroatoms. The summed E-state index contributed by atoms with van der Waals surface area (Å²) in [6.45, 7) is 4.46. The topological polar surface area (TPSA) is 32.8 Å². The van der Waals surface area contributed by atoms with Gasteiger partial charge in [-0.3, -0.25) is 4.79 Å². The molecule has 0 N–H and O–H groups in total. The molecule has 0 bridgehead atoms. The van der Waals surface area contributed by atoms with Crippen LogP contribution < -0.4 is 4.74 Å². The predicted molar refractivity (Wildman–Crippen MR) is 101 cm³/mol. The lowest BCUT2D eigenvalue weighted by atomic mass is 9.97. The third-order valence-electron chi connectivity index (χ3n) is 5.70. The van der Waals surface area contributed by atoms with Gasteiger partial charge in [0.25, 0.3) is 5.91 Å². The molecule has 0 spiro atoms. The molecule has 1 atom stereocenters. The van der Waals surface area contributed by atoms with Gasteiger partial charge in [0.1, 0.15) is 5.75 Å². The Hall–Kier alpha value is -1.55. The van der Waals surface area contributed by atoms with Crippen molar-refractivity contribution in [2.24, 2.45) is 0 Å². The van der Waals surface area contributed by atoms with E-state index < -0.39 is 0 Å². The second kappa shape index (κ2) is 9.23. The van der Waals surface area contributed by atoms with Gasteiger partial charge in [0.2, 0.25) is 0 Å². The average molecular weight is 344 g/mol. The lowest BCUT2D eigenvalue weighted by Gasteiger charge is -2.37. The van der Waals surface area contributed by atoms with Crippen LogP contribution in [0.5, 0.6) is 5.75 Å². The van der Waals surface area contributed by atoms with Crippen molar-refractivity contribution in [3.8, 4) is 5.75 Å². The molecule has 2 aliphatic rings. The number of hydrogen-bond donors (Lipinski definition) is 0. The maximum Gasteiger partial charge on any atom is 0.257 e. The van der Waals surface area contributed by atoms with E-state index in [0.717, 1.165) is 32.4 Å². The number of carbonyl (C=O) groups is 1. The number of carbonyl (C=O) groups excluding carboxylic acids is 1. The van der Waals surface area contributed by atoms with E-state index in [-0.39, 0.29) is 5.91 Å². The van der Waals surface area contributed by atoms with Gasteiger partial charge in [-0.05, 0) is 63.7 Å². The summed E-state index contributed by atoms with van der Waals surface area (Å²) in [7, 11) is 1.64. The summed E-state index contributed by atoms with van der Waals surface area (Å²) in [5.74, 6) is 0.822. The van der Waals surface area contributed by atoms with Crippen LogP contribution in [-0.2, 0) is 0 Å². The van der Waals surface area contributed by atoms with Gasteiger partial charge in [-0.2, -0.15) is 0 Å². The number of methoxy groups -OCH3 is 1. The van der Waals surface area contributed by atoms with Gasteiger partial charge in [-0.15, -0.1) is 0 Å². The van der Waals surface area contributed by atoms with Crippen molar-refractivity contribution in [2.45, 2.75) is 57.4 Å². The highest BCUT2D eigenvalue weighted by Gasteiger charge is 2.29. The number of piperidine rings is 1. The van der Waals surface area contributed by atoms with E-state index in [1.807, 2.05) is 24.3 Å². The molecule has 2 aliphatic heterocycles. The van der Waals surface area contributed by atoms with Crippen LogP contribution in [0.3, 0.4) is 0 Å².